The molecule has 4 heteroatoms. The van der Waals surface area contributed by atoms with Gasteiger partial charge in [0.1, 0.15) is 0 Å². The summed E-state index contributed by atoms with van der Waals surface area (Å²) in [5.74, 6) is 0.499. The first-order valence-electron chi connectivity index (χ1n) is 5.07. The summed E-state index contributed by atoms with van der Waals surface area (Å²) in [5.41, 5.74) is 0.799. The first kappa shape index (κ1) is 8.83. The Morgan fingerprint density at radius 3 is 3.07 bits per heavy atom. The molecule has 2 bridgehead atoms. The van der Waals surface area contributed by atoms with Crippen LogP contribution in [0.3, 0.4) is 0 Å². The van der Waals surface area contributed by atoms with Gasteiger partial charge in [-0.05, 0) is 19.3 Å². The second kappa shape index (κ2) is 3.29. The Labute approximate surface area is 86.7 Å². The van der Waals surface area contributed by atoms with Gasteiger partial charge in [-0.2, -0.15) is 0 Å². The lowest BCUT2D eigenvalue weighted by molar-refractivity contribution is 0.100. The van der Waals surface area contributed by atoms with Crippen LogP contribution in [0.1, 0.15) is 35.9 Å². The summed E-state index contributed by atoms with van der Waals surface area (Å²) in [6.07, 6.45) is 4.41. The lowest BCUT2D eigenvalue weighted by Gasteiger charge is -2.15. The Balaban J connectivity index is 1.82. The fraction of sp³-hybridized carbons (Fsp3) is 0.700. The summed E-state index contributed by atoms with van der Waals surface area (Å²) in [6.45, 7) is 0.0537. The van der Waals surface area contributed by atoms with Crippen molar-refractivity contribution in [2.45, 2.75) is 44.0 Å². The third-order valence-electron chi connectivity index (χ3n) is 3.15. The molecule has 2 aliphatic rings. The van der Waals surface area contributed by atoms with E-state index in [4.69, 9.17) is 9.84 Å². The van der Waals surface area contributed by atoms with Crippen molar-refractivity contribution in [3.63, 3.8) is 0 Å². The van der Waals surface area contributed by atoms with E-state index in [1.165, 1.54) is 12.8 Å². The van der Waals surface area contributed by atoms with Crippen LogP contribution in [-0.4, -0.2) is 22.3 Å². The highest BCUT2D eigenvalue weighted by Crippen LogP contribution is 2.45. The highest BCUT2D eigenvalue weighted by atomic mass is 32.1. The van der Waals surface area contributed by atoms with Gasteiger partial charge in [0.05, 0.1) is 29.5 Å². The fourth-order valence-corrected chi connectivity index (χ4v) is 3.44. The highest BCUT2D eigenvalue weighted by molar-refractivity contribution is 7.09. The second-order valence-corrected chi connectivity index (χ2v) is 4.94. The van der Waals surface area contributed by atoms with Crippen LogP contribution >= 0.6 is 11.3 Å². The van der Waals surface area contributed by atoms with Crippen molar-refractivity contribution in [3.05, 3.63) is 16.1 Å². The molecule has 0 aliphatic carbocycles. The third-order valence-corrected chi connectivity index (χ3v) is 4.18. The second-order valence-electron chi connectivity index (χ2n) is 4.05. The van der Waals surface area contributed by atoms with Gasteiger partial charge < -0.3 is 9.84 Å². The van der Waals surface area contributed by atoms with E-state index in [-0.39, 0.29) is 6.61 Å². The van der Waals surface area contributed by atoms with Gasteiger partial charge in [0.15, 0.2) is 0 Å². The van der Waals surface area contributed by atoms with Gasteiger partial charge in [0.2, 0.25) is 0 Å². The Morgan fingerprint density at radius 2 is 2.50 bits per heavy atom. The molecule has 3 atom stereocenters. The SMILES string of the molecule is OCc1csc(C2CC3CCC2O3)n1. The maximum absolute atomic E-state index is 8.94. The number of hydrogen-bond acceptors (Lipinski definition) is 4. The van der Waals surface area contributed by atoms with Gasteiger partial charge in [-0.25, -0.2) is 4.98 Å². The zero-order valence-corrected chi connectivity index (χ0v) is 8.67. The normalized spacial score (nSPS) is 35.4. The van der Waals surface area contributed by atoms with Crippen LogP contribution in [0.5, 0.6) is 0 Å². The van der Waals surface area contributed by atoms with Gasteiger partial charge in [-0.3, -0.25) is 0 Å². The van der Waals surface area contributed by atoms with Crippen molar-refractivity contribution in [2.24, 2.45) is 0 Å². The topological polar surface area (TPSA) is 42.4 Å². The van der Waals surface area contributed by atoms with Crippen LogP contribution in [0, 0.1) is 0 Å². The maximum atomic E-state index is 8.94. The quantitative estimate of drug-likeness (QED) is 0.809. The average molecular weight is 211 g/mol. The van der Waals surface area contributed by atoms with Gasteiger partial charge in [-0.1, -0.05) is 0 Å². The van der Waals surface area contributed by atoms with Crippen molar-refractivity contribution in [1.82, 2.24) is 4.98 Å². The number of aliphatic hydroxyl groups excluding tert-OH is 1. The molecule has 0 amide bonds. The zero-order chi connectivity index (χ0) is 9.54. The minimum absolute atomic E-state index is 0.0537. The molecule has 0 saturated carbocycles. The fourth-order valence-electron chi connectivity index (χ4n) is 2.46. The zero-order valence-electron chi connectivity index (χ0n) is 7.85. The minimum atomic E-state index is 0.0537. The van der Waals surface area contributed by atoms with E-state index >= 15 is 0 Å². The minimum Gasteiger partial charge on any atom is -0.390 e. The maximum Gasteiger partial charge on any atom is 0.0987 e. The van der Waals surface area contributed by atoms with Gasteiger partial charge >= 0.3 is 0 Å². The van der Waals surface area contributed by atoms with Crippen LogP contribution in [0.25, 0.3) is 0 Å². The van der Waals surface area contributed by atoms with Gasteiger partial charge in [0.25, 0.3) is 0 Å². The molecule has 0 aromatic carbocycles. The molecule has 2 saturated heterocycles. The monoisotopic (exact) mass is 211 g/mol. The molecule has 1 aromatic rings. The molecule has 14 heavy (non-hydrogen) atoms. The predicted octanol–water partition coefficient (Wildman–Crippen LogP) is 1.67. The number of nitrogens with zero attached hydrogens (tertiary/aromatic N) is 1. The van der Waals surface area contributed by atoms with E-state index in [0.717, 1.165) is 17.1 Å². The summed E-state index contributed by atoms with van der Waals surface area (Å²) in [6, 6.07) is 0. The Hall–Kier alpha value is -0.450. The molecular weight excluding hydrogens is 198 g/mol. The standard InChI is InChI=1S/C10H13NO2S/c12-4-6-5-14-10(11-6)8-3-7-1-2-9(8)13-7/h5,7-9,12H,1-4H2. The first-order valence-corrected chi connectivity index (χ1v) is 5.95. The molecule has 1 aromatic heterocycles. The Bertz CT molecular complexity index is 339. The molecule has 1 N–H and O–H groups in total. The summed E-state index contributed by atoms with van der Waals surface area (Å²) < 4.78 is 5.79. The Kier molecular flexibility index (Phi) is 2.08. The third kappa shape index (κ3) is 1.29. The molecular formula is C10H13NO2S. The van der Waals surface area contributed by atoms with Crippen LogP contribution in [0.15, 0.2) is 5.38 Å². The van der Waals surface area contributed by atoms with Gasteiger partial charge in [-0.15, -0.1) is 11.3 Å². The largest absolute Gasteiger partial charge is 0.390 e. The van der Waals surface area contributed by atoms with Gasteiger partial charge in [0, 0.05) is 11.3 Å². The van der Waals surface area contributed by atoms with E-state index in [1.54, 1.807) is 11.3 Å². The van der Waals surface area contributed by atoms with Crippen molar-refractivity contribution < 1.29 is 9.84 Å². The summed E-state index contributed by atoms with van der Waals surface area (Å²) >= 11 is 1.66. The predicted molar refractivity (Wildman–Crippen MR) is 53.3 cm³/mol. The molecule has 3 nitrogen and oxygen atoms in total. The van der Waals surface area contributed by atoms with E-state index in [2.05, 4.69) is 4.98 Å². The summed E-state index contributed by atoms with van der Waals surface area (Å²) in [7, 11) is 0. The highest BCUT2D eigenvalue weighted by Gasteiger charge is 2.42. The molecule has 3 heterocycles. The summed E-state index contributed by atoms with van der Waals surface area (Å²) in [5, 5.41) is 12.0. The first-order chi connectivity index (χ1) is 6.86. The molecule has 0 radical (unpaired) electrons. The summed E-state index contributed by atoms with van der Waals surface area (Å²) in [4.78, 5) is 4.42. The molecule has 2 fully saturated rings. The lowest BCUT2D eigenvalue weighted by Crippen LogP contribution is -2.14. The average Bonchev–Trinajstić information content (AvgIpc) is 2.93. The number of hydrogen-bond donors (Lipinski definition) is 1. The smallest absolute Gasteiger partial charge is 0.0987 e. The number of aliphatic hydroxyl groups is 1. The van der Waals surface area contributed by atoms with E-state index in [1.807, 2.05) is 5.38 Å². The van der Waals surface area contributed by atoms with E-state index in [9.17, 15) is 0 Å². The van der Waals surface area contributed by atoms with E-state index < -0.39 is 0 Å². The van der Waals surface area contributed by atoms with Crippen molar-refractivity contribution in [1.29, 1.82) is 0 Å². The molecule has 3 unspecified atom stereocenters. The Morgan fingerprint density at radius 1 is 1.57 bits per heavy atom. The molecule has 76 valence electrons. The number of ether oxygens (including phenoxy) is 1. The van der Waals surface area contributed by atoms with Crippen LogP contribution in [0.2, 0.25) is 0 Å². The van der Waals surface area contributed by atoms with Crippen molar-refractivity contribution in [2.75, 3.05) is 0 Å². The van der Waals surface area contributed by atoms with Crippen LogP contribution in [0.4, 0.5) is 0 Å². The van der Waals surface area contributed by atoms with Crippen LogP contribution < -0.4 is 0 Å². The van der Waals surface area contributed by atoms with Crippen molar-refractivity contribution in [3.8, 4) is 0 Å². The number of fused-ring (bicyclic) bond motifs is 2. The molecule has 2 aliphatic heterocycles. The number of aromatic nitrogens is 1. The van der Waals surface area contributed by atoms with Crippen LogP contribution in [-0.2, 0) is 11.3 Å². The lowest BCUT2D eigenvalue weighted by atomic mass is 9.90. The van der Waals surface area contributed by atoms with E-state index in [0.29, 0.717) is 18.1 Å². The van der Waals surface area contributed by atoms with Crippen molar-refractivity contribution >= 4 is 11.3 Å². The number of thiazole rings is 1. The number of rotatable bonds is 2. The molecule has 0 spiro atoms. The molecule has 3 rings (SSSR count).